The smallest absolute Gasteiger partial charge is 0.110 e. The first kappa shape index (κ1) is 9.28. The number of aryl methyl sites for hydroxylation is 1. The van der Waals surface area contributed by atoms with Gasteiger partial charge >= 0.3 is 0 Å². The molecule has 0 spiro atoms. The predicted octanol–water partition coefficient (Wildman–Crippen LogP) is 2.96. The maximum absolute atomic E-state index is 5.89. The molecule has 0 bridgehead atoms. The number of aromatic amines is 1. The van der Waals surface area contributed by atoms with Crippen LogP contribution >= 0.6 is 11.6 Å². The number of nitrogens with one attached hydrogen (secondary N) is 1. The van der Waals surface area contributed by atoms with Gasteiger partial charge in [0.05, 0.1) is 0 Å². The number of rotatable bonds is 2. The predicted molar refractivity (Wildman–Crippen MR) is 57.6 cm³/mol. The molecule has 0 unspecified atom stereocenters. The molecule has 0 aliphatic carbocycles. The minimum Gasteiger partial charge on any atom is -0.346 e. The summed E-state index contributed by atoms with van der Waals surface area (Å²) in [6.45, 7) is 1.99. The van der Waals surface area contributed by atoms with Crippen molar-refractivity contribution in [2.45, 2.75) is 13.3 Å². The van der Waals surface area contributed by atoms with Gasteiger partial charge < -0.3 is 4.98 Å². The van der Waals surface area contributed by atoms with Crippen LogP contribution in [0, 0.1) is 6.92 Å². The number of hydrogen-bond acceptors (Lipinski definition) is 1. The highest BCUT2D eigenvalue weighted by Gasteiger charge is 1.99. The first-order chi connectivity index (χ1) is 6.74. The lowest BCUT2D eigenvalue weighted by atomic mass is 10.1. The van der Waals surface area contributed by atoms with Crippen molar-refractivity contribution < 1.29 is 0 Å². The van der Waals surface area contributed by atoms with Crippen LogP contribution in [0.5, 0.6) is 0 Å². The molecule has 1 heterocycles. The third-order valence-corrected chi connectivity index (χ3v) is 2.25. The van der Waals surface area contributed by atoms with Crippen LogP contribution in [0.3, 0.4) is 0 Å². The van der Waals surface area contributed by atoms with Crippen molar-refractivity contribution in [3.63, 3.8) is 0 Å². The quantitative estimate of drug-likeness (QED) is 0.804. The summed E-state index contributed by atoms with van der Waals surface area (Å²) in [4.78, 5) is 7.43. The average Bonchev–Trinajstić information content (AvgIpc) is 2.51. The SMILES string of the molecule is Cc1cnc(Cc2cccc(Cl)c2)[nH]1. The van der Waals surface area contributed by atoms with Gasteiger partial charge in [-0.1, -0.05) is 23.7 Å². The zero-order chi connectivity index (χ0) is 9.97. The summed E-state index contributed by atoms with van der Waals surface area (Å²) in [5.41, 5.74) is 2.26. The Morgan fingerprint density at radius 1 is 1.43 bits per heavy atom. The molecule has 2 nitrogen and oxygen atoms in total. The van der Waals surface area contributed by atoms with E-state index in [0.29, 0.717) is 0 Å². The summed E-state index contributed by atoms with van der Waals surface area (Å²) in [5, 5.41) is 0.769. The second-order valence-electron chi connectivity index (χ2n) is 3.32. The molecule has 0 aliphatic heterocycles. The fourth-order valence-corrected chi connectivity index (χ4v) is 1.61. The standard InChI is InChI=1S/C11H11ClN2/c1-8-7-13-11(14-8)6-9-3-2-4-10(12)5-9/h2-5,7H,6H2,1H3,(H,13,14). The molecule has 0 amide bonds. The van der Waals surface area contributed by atoms with Crippen LogP contribution in [-0.2, 0) is 6.42 Å². The second-order valence-corrected chi connectivity index (χ2v) is 3.76. The average molecular weight is 207 g/mol. The lowest BCUT2D eigenvalue weighted by Crippen LogP contribution is -1.90. The summed E-state index contributed by atoms with van der Waals surface area (Å²) in [7, 11) is 0. The van der Waals surface area contributed by atoms with E-state index in [2.05, 4.69) is 9.97 Å². The molecule has 1 N–H and O–H groups in total. The van der Waals surface area contributed by atoms with E-state index < -0.39 is 0 Å². The van der Waals surface area contributed by atoms with Gasteiger partial charge in [-0.15, -0.1) is 0 Å². The molecule has 0 fully saturated rings. The van der Waals surface area contributed by atoms with Crippen molar-refractivity contribution in [1.82, 2.24) is 9.97 Å². The van der Waals surface area contributed by atoms with E-state index in [9.17, 15) is 0 Å². The minimum atomic E-state index is 0.769. The molecule has 1 aromatic heterocycles. The van der Waals surface area contributed by atoms with E-state index in [1.54, 1.807) is 0 Å². The molecule has 2 aromatic rings. The first-order valence-corrected chi connectivity index (χ1v) is 4.87. The number of aromatic nitrogens is 2. The molecule has 72 valence electrons. The molecular formula is C11H11ClN2. The van der Waals surface area contributed by atoms with Crippen LogP contribution in [0.1, 0.15) is 17.1 Å². The van der Waals surface area contributed by atoms with Gasteiger partial charge in [0.1, 0.15) is 5.82 Å². The highest BCUT2D eigenvalue weighted by Crippen LogP contribution is 2.13. The monoisotopic (exact) mass is 206 g/mol. The van der Waals surface area contributed by atoms with E-state index >= 15 is 0 Å². The zero-order valence-corrected chi connectivity index (χ0v) is 8.67. The zero-order valence-electron chi connectivity index (χ0n) is 7.92. The molecule has 0 aliphatic rings. The second kappa shape index (κ2) is 3.84. The van der Waals surface area contributed by atoms with Crippen molar-refractivity contribution in [3.8, 4) is 0 Å². The van der Waals surface area contributed by atoms with Gasteiger partial charge in [0.15, 0.2) is 0 Å². The topological polar surface area (TPSA) is 28.7 Å². The molecule has 0 atom stereocenters. The van der Waals surface area contributed by atoms with Gasteiger partial charge in [0, 0.05) is 23.3 Å². The van der Waals surface area contributed by atoms with E-state index in [1.807, 2.05) is 37.4 Å². The highest BCUT2D eigenvalue weighted by molar-refractivity contribution is 6.30. The van der Waals surface area contributed by atoms with E-state index in [-0.39, 0.29) is 0 Å². The fraction of sp³-hybridized carbons (Fsp3) is 0.182. The van der Waals surface area contributed by atoms with Gasteiger partial charge in [-0.05, 0) is 24.6 Å². The molecule has 14 heavy (non-hydrogen) atoms. The molecule has 2 rings (SSSR count). The Labute approximate surface area is 88.0 Å². The Bertz CT molecular complexity index is 434. The number of hydrogen-bond donors (Lipinski definition) is 1. The normalized spacial score (nSPS) is 10.4. The number of H-pyrrole nitrogens is 1. The maximum Gasteiger partial charge on any atom is 0.110 e. The van der Waals surface area contributed by atoms with Gasteiger partial charge in [0.2, 0.25) is 0 Å². The van der Waals surface area contributed by atoms with Crippen LogP contribution in [0.25, 0.3) is 0 Å². The highest BCUT2D eigenvalue weighted by atomic mass is 35.5. The molecule has 0 saturated heterocycles. The van der Waals surface area contributed by atoms with E-state index in [4.69, 9.17) is 11.6 Å². The minimum absolute atomic E-state index is 0.769. The van der Waals surface area contributed by atoms with Gasteiger partial charge in [-0.3, -0.25) is 0 Å². The van der Waals surface area contributed by atoms with Crippen molar-refractivity contribution in [2.24, 2.45) is 0 Å². The third kappa shape index (κ3) is 2.15. The van der Waals surface area contributed by atoms with Crippen LogP contribution in [-0.4, -0.2) is 9.97 Å². The molecular weight excluding hydrogens is 196 g/mol. The van der Waals surface area contributed by atoms with E-state index in [0.717, 1.165) is 23.0 Å². The van der Waals surface area contributed by atoms with Crippen molar-refractivity contribution in [2.75, 3.05) is 0 Å². The Kier molecular flexibility index (Phi) is 2.55. The van der Waals surface area contributed by atoms with Crippen molar-refractivity contribution >= 4 is 11.6 Å². The van der Waals surface area contributed by atoms with Gasteiger partial charge in [-0.25, -0.2) is 4.98 Å². The summed E-state index contributed by atoms with van der Waals surface area (Å²) in [5.74, 6) is 0.977. The lowest BCUT2D eigenvalue weighted by Gasteiger charge is -1.98. The third-order valence-electron chi connectivity index (χ3n) is 2.02. The van der Waals surface area contributed by atoms with Crippen LogP contribution < -0.4 is 0 Å². The Balaban J connectivity index is 2.18. The number of nitrogens with zero attached hydrogens (tertiary/aromatic N) is 1. The molecule has 3 heteroatoms. The van der Waals surface area contributed by atoms with Crippen LogP contribution in [0.2, 0.25) is 5.02 Å². The van der Waals surface area contributed by atoms with Crippen LogP contribution in [0.15, 0.2) is 30.5 Å². The van der Waals surface area contributed by atoms with E-state index in [1.165, 1.54) is 5.56 Å². The van der Waals surface area contributed by atoms with Gasteiger partial charge in [-0.2, -0.15) is 0 Å². The molecule has 0 radical (unpaired) electrons. The summed E-state index contributed by atoms with van der Waals surface area (Å²) < 4.78 is 0. The maximum atomic E-state index is 5.89. The Hall–Kier alpha value is -1.28. The van der Waals surface area contributed by atoms with Crippen molar-refractivity contribution in [3.05, 3.63) is 52.6 Å². The summed E-state index contributed by atoms with van der Waals surface area (Å²) in [6, 6.07) is 7.83. The van der Waals surface area contributed by atoms with Gasteiger partial charge in [0.25, 0.3) is 0 Å². The molecule has 0 saturated carbocycles. The summed E-state index contributed by atoms with van der Waals surface area (Å²) in [6.07, 6.45) is 2.63. The summed E-state index contributed by atoms with van der Waals surface area (Å²) >= 11 is 5.89. The molecule has 1 aromatic carbocycles. The Morgan fingerprint density at radius 3 is 2.93 bits per heavy atom. The van der Waals surface area contributed by atoms with Crippen LogP contribution in [0.4, 0.5) is 0 Å². The number of halogens is 1. The number of benzene rings is 1. The lowest BCUT2D eigenvalue weighted by molar-refractivity contribution is 1.02. The van der Waals surface area contributed by atoms with Crippen molar-refractivity contribution in [1.29, 1.82) is 0 Å². The largest absolute Gasteiger partial charge is 0.346 e. The number of imidazole rings is 1. The Morgan fingerprint density at radius 2 is 2.29 bits per heavy atom. The fourth-order valence-electron chi connectivity index (χ4n) is 1.40. The first-order valence-electron chi connectivity index (χ1n) is 4.49.